The molecule has 2 N–H and O–H groups in total. The fourth-order valence-electron chi connectivity index (χ4n) is 5.94. The third-order valence-electron chi connectivity index (χ3n) is 8.35. The van der Waals surface area contributed by atoms with Gasteiger partial charge in [0.15, 0.2) is 11.5 Å². The molecule has 9 nitrogen and oxygen atoms in total. The molecular weight excluding hydrogens is 510 g/mol. The number of H-pyrrole nitrogens is 1. The lowest BCUT2D eigenvalue weighted by molar-refractivity contribution is 0.264. The topological polar surface area (TPSA) is 99.9 Å². The number of rotatable bonds is 9. The Morgan fingerprint density at radius 1 is 1.10 bits per heavy atom. The maximum Gasteiger partial charge on any atom is 0.171 e. The Morgan fingerprint density at radius 3 is 2.56 bits per heavy atom. The molecule has 210 valence electrons. The number of aromatic amines is 1. The van der Waals surface area contributed by atoms with E-state index in [1.807, 2.05) is 16.9 Å². The van der Waals surface area contributed by atoms with Crippen LogP contribution in [0.2, 0.25) is 0 Å². The predicted molar refractivity (Wildman–Crippen MR) is 163 cm³/mol. The van der Waals surface area contributed by atoms with Crippen molar-refractivity contribution in [3.8, 4) is 22.4 Å². The Balaban J connectivity index is 1.35. The van der Waals surface area contributed by atoms with Crippen LogP contribution < -0.4 is 5.32 Å². The first-order valence-corrected chi connectivity index (χ1v) is 14.2. The van der Waals surface area contributed by atoms with E-state index in [9.17, 15) is 0 Å². The number of anilines is 1. The largest absolute Gasteiger partial charge is 0.369 e. The predicted octanol–water partition coefficient (Wildman–Crippen LogP) is 5.90. The highest BCUT2D eigenvalue weighted by molar-refractivity contribution is 5.79. The molecule has 0 fully saturated rings. The van der Waals surface area contributed by atoms with E-state index >= 15 is 0 Å². The molecule has 1 atom stereocenters. The summed E-state index contributed by atoms with van der Waals surface area (Å²) in [6.07, 6.45) is 8.15. The second-order valence-electron chi connectivity index (χ2n) is 11.6. The van der Waals surface area contributed by atoms with Crippen molar-refractivity contribution < 1.29 is 0 Å². The van der Waals surface area contributed by atoms with Gasteiger partial charge in [0, 0.05) is 53.5 Å². The highest BCUT2D eigenvalue weighted by Crippen LogP contribution is 2.39. The molecule has 5 aromatic rings. The highest BCUT2D eigenvalue weighted by Gasteiger charge is 2.34. The van der Waals surface area contributed by atoms with Crippen molar-refractivity contribution in [2.24, 2.45) is 0 Å². The van der Waals surface area contributed by atoms with Crippen LogP contribution in [0.1, 0.15) is 56.3 Å². The van der Waals surface area contributed by atoms with Gasteiger partial charge in [-0.3, -0.25) is 10.1 Å². The van der Waals surface area contributed by atoms with Gasteiger partial charge in [0.05, 0.1) is 23.3 Å². The first-order chi connectivity index (χ1) is 19.8. The molecule has 4 aromatic heterocycles. The third-order valence-corrected chi connectivity index (χ3v) is 8.35. The summed E-state index contributed by atoms with van der Waals surface area (Å²) < 4.78 is 1.96. The summed E-state index contributed by atoms with van der Waals surface area (Å²) in [5.41, 5.74) is 9.10. The molecule has 0 spiro atoms. The SMILES string of the molecule is C=C(c1ncn[nH]1)N(C)C(CC)CC(C)(C)c1nc2c(-c3ccc(-c4ccc(C)cc4)nc3)cnn2c2c1CCN2. The van der Waals surface area contributed by atoms with E-state index in [4.69, 9.17) is 15.1 Å². The lowest BCUT2D eigenvalue weighted by Crippen LogP contribution is -2.36. The molecule has 0 saturated heterocycles. The van der Waals surface area contributed by atoms with E-state index in [1.54, 1.807) is 0 Å². The number of nitrogens with zero attached hydrogens (tertiary/aromatic N) is 7. The molecule has 1 aliphatic heterocycles. The van der Waals surface area contributed by atoms with E-state index in [0.717, 1.165) is 71.0 Å². The first kappa shape index (κ1) is 26.7. The van der Waals surface area contributed by atoms with Crippen molar-refractivity contribution in [1.82, 2.24) is 39.7 Å². The molecule has 1 unspecified atom stereocenters. The van der Waals surface area contributed by atoms with E-state index in [2.05, 4.69) is 103 Å². The number of benzene rings is 1. The van der Waals surface area contributed by atoms with Crippen LogP contribution in [0.5, 0.6) is 0 Å². The van der Waals surface area contributed by atoms with Crippen LogP contribution in [0, 0.1) is 6.92 Å². The molecular formula is C32H37N9. The van der Waals surface area contributed by atoms with Gasteiger partial charge >= 0.3 is 0 Å². The standard InChI is InChI=1S/C32H37N9/c1-7-24(40(6)21(3)29-35-19-36-39-29)16-32(4,5)28-25-14-15-33-30(25)41-31(38-28)26(18-37-41)23-12-13-27(34-17-23)22-10-8-20(2)9-11-22/h8-13,17-19,24,33H,3,7,14-16H2,1-2,4-6H3,(H,35,36,39). The zero-order valence-electron chi connectivity index (χ0n) is 24.4. The zero-order chi connectivity index (χ0) is 28.7. The molecule has 0 aliphatic carbocycles. The molecule has 0 radical (unpaired) electrons. The maximum atomic E-state index is 5.35. The van der Waals surface area contributed by atoms with Gasteiger partial charge in [0.1, 0.15) is 12.1 Å². The van der Waals surface area contributed by atoms with Crippen LogP contribution in [0.15, 0.2) is 61.7 Å². The highest BCUT2D eigenvalue weighted by atomic mass is 15.3. The number of fused-ring (bicyclic) bond motifs is 3. The fraction of sp³-hybridized carbons (Fsp3) is 0.344. The second-order valence-corrected chi connectivity index (χ2v) is 11.6. The summed E-state index contributed by atoms with van der Waals surface area (Å²) in [4.78, 5) is 16.7. The smallest absolute Gasteiger partial charge is 0.171 e. The van der Waals surface area contributed by atoms with E-state index < -0.39 is 0 Å². The Morgan fingerprint density at radius 2 is 1.88 bits per heavy atom. The van der Waals surface area contributed by atoms with Gasteiger partial charge in [-0.2, -0.15) is 14.7 Å². The molecule has 5 heterocycles. The summed E-state index contributed by atoms with van der Waals surface area (Å²) in [6.45, 7) is 14.1. The molecule has 0 saturated carbocycles. The van der Waals surface area contributed by atoms with Gasteiger partial charge in [-0.1, -0.05) is 63.2 Å². The minimum atomic E-state index is -0.205. The lowest BCUT2D eigenvalue weighted by Gasteiger charge is -2.36. The van der Waals surface area contributed by atoms with Crippen LogP contribution in [0.25, 0.3) is 33.7 Å². The quantitative estimate of drug-likeness (QED) is 0.237. The Hall–Kier alpha value is -4.53. The minimum absolute atomic E-state index is 0.205. The molecule has 0 amide bonds. The first-order valence-electron chi connectivity index (χ1n) is 14.2. The summed E-state index contributed by atoms with van der Waals surface area (Å²) >= 11 is 0. The van der Waals surface area contributed by atoms with Gasteiger partial charge in [-0.15, -0.1) is 0 Å². The molecule has 1 aliphatic rings. The van der Waals surface area contributed by atoms with Crippen molar-refractivity contribution in [2.75, 3.05) is 18.9 Å². The number of nitrogens with one attached hydrogen (secondary N) is 2. The van der Waals surface area contributed by atoms with Crippen LogP contribution in [-0.2, 0) is 11.8 Å². The molecule has 0 bridgehead atoms. The Bertz CT molecular complexity index is 1680. The van der Waals surface area contributed by atoms with Crippen molar-refractivity contribution in [3.63, 3.8) is 0 Å². The monoisotopic (exact) mass is 547 g/mol. The van der Waals surface area contributed by atoms with Crippen molar-refractivity contribution >= 4 is 17.2 Å². The van der Waals surface area contributed by atoms with Crippen LogP contribution >= 0.6 is 0 Å². The van der Waals surface area contributed by atoms with E-state index in [0.29, 0.717) is 5.82 Å². The van der Waals surface area contributed by atoms with Gasteiger partial charge in [0.25, 0.3) is 0 Å². The summed E-state index contributed by atoms with van der Waals surface area (Å²) in [5.74, 6) is 1.74. The number of hydrogen-bond donors (Lipinski definition) is 2. The van der Waals surface area contributed by atoms with Crippen molar-refractivity contribution in [1.29, 1.82) is 0 Å². The second kappa shape index (κ2) is 10.5. The summed E-state index contributed by atoms with van der Waals surface area (Å²) in [5, 5.41) is 15.3. The zero-order valence-corrected chi connectivity index (χ0v) is 24.4. The number of hydrogen-bond acceptors (Lipinski definition) is 7. The lowest BCUT2D eigenvalue weighted by atomic mass is 9.79. The van der Waals surface area contributed by atoms with E-state index in [1.165, 1.54) is 17.5 Å². The maximum absolute atomic E-state index is 5.35. The number of aryl methyl sites for hydroxylation is 1. The van der Waals surface area contributed by atoms with Crippen LogP contribution in [0.3, 0.4) is 0 Å². The number of pyridine rings is 1. The third kappa shape index (κ3) is 4.85. The molecule has 41 heavy (non-hydrogen) atoms. The van der Waals surface area contributed by atoms with Crippen LogP contribution in [-0.4, -0.2) is 59.3 Å². The Kier molecular flexibility index (Phi) is 6.81. The van der Waals surface area contributed by atoms with Gasteiger partial charge in [-0.25, -0.2) is 9.97 Å². The molecule has 6 rings (SSSR count). The molecule has 1 aromatic carbocycles. The average molecular weight is 548 g/mol. The van der Waals surface area contributed by atoms with Crippen molar-refractivity contribution in [2.45, 2.75) is 58.4 Å². The van der Waals surface area contributed by atoms with E-state index in [-0.39, 0.29) is 11.5 Å². The summed E-state index contributed by atoms with van der Waals surface area (Å²) in [7, 11) is 2.08. The normalized spacial score (nSPS) is 13.7. The summed E-state index contributed by atoms with van der Waals surface area (Å²) in [6, 6.07) is 12.9. The number of aromatic nitrogens is 7. The minimum Gasteiger partial charge on any atom is -0.369 e. The van der Waals surface area contributed by atoms with Crippen molar-refractivity contribution in [3.05, 3.63) is 84.3 Å². The van der Waals surface area contributed by atoms with Gasteiger partial charge in [-0.05, 0) is 32.3 Å². The fourth-order valence-corrected chi connectivity index (χ4v) is 5.94. The Labute approximate surface area is 240 Å². The van der Waals surface area contributed by atoms with Gasteiger partial charge in [0.2, 0.25) is 0 Å². The molecule has 9 heteroatoms. The van der Waals surface area contributed by atoms with Gasteiger partial charge < -0.3 is 10.2 Å². The van der Waals surface area contributed by atoms with Crippen LogP contribution in [0.4, 0.5) is 5.82 Å². The average Bonchev–Trinajstić information content (AvgIpc) is 3.76.